The van der Waals surface area contributed by atoms with Crippen LogP contribution in [-0.2, 0) is 5.88 Å². The highest BCUT2D eigenvalue weighted by Crippen LogP contribution is 2.18. The molecule has 70 valence electrons. The van der Waals surface area contributed by atoms with Crippen LogP contribution in [0, 0.1) is 11.6 Å². The lowest BCUT2D eigenvalue weighted by molar-refractivity contribution is 0.0686. The Morgan fingerprint density at radius 3 is 2.54 bits per heavy atom. The number of carboxylic acid groups (broad SMARTS) is 1. The molecule has 0 spiro atoms. The van der Waals surface area contributed by atoms with Crippen LogP contribution in [0.4, 0.5) is 8.78 Å². The zero-order valence-corrected chi connectivity index (χ0v) is 7.11. The molecule has 2 nitrogen and oxygen atoms in total. The first-order valence-corrected chi connectivity index (χ1v) is 3.87. The van der Waals surface area contributed by atoms with Gasteiger partial charge < -0.3 is 5.11 Å². The van der Waals surface area contributed by atoms with Crippen molar-refractivity contribution in [1.29, 1.82) is 0 Å². The molecule has 0 aliphatic heterocycles. The van der Waals surface area contributed by atoms with Gasteiger partial charge in [0, 0.05) is 5.56 Å². The predicted octanol–water partition coefficient (Wildman–Crippen LogP) is 2.40. The molecule has 0 aliphatic rings. The fourth-order valence-electron chi connectivity index (χ4n) is 0.895. The number of benzene rings is 1. The minimum Gasteiger partial charge on any atom is -0.477 e. The Kier molecular flexibility index (Phi) is 2.83. The number of alkyl halides is 1. The number of aromatic carboxylic acids is 1. The zero-order chi connectivity index (χ0) is 10.0. The first-order chi connectivity index (χ1) is 6.07. The van der Waals surface area contributed by atoms with Crippen LogP contribution in [0.15, 0.2) is 12.1 Å². The van der Waals surface area contributed by atoms with Crippen molar-refractivity contribution in [1.82, 2.24) is 0 Å². The van der Waals surface area contributed by atoms with E-state index in [1.807, 2.05) is 0 Å². The van der Waals surface area contributed by atoms with Gasteiger partial charge in [0.05, 0.1) is 5.88 Å². The molecule has 0 bridgehead atoms. The highest BCUT2D eigenvalue weighted by molar-refractivity contribution is 6.17. The van der Waals surface area contributed by atoms with E-state index < -0.39 is 23.2 Å². The Labute approximate surface area is 77.8 Å². The minimum absolute atomic E-state index is 0.0273. The summed E-state index contributed by atoms with van der Waals surface area (Å²) >= 11 is 5.31. The van der Waals surface area contributed by atoms with Gasteiger partial charge in [-0.2, -0.15) is 0 Å². The number of carbonyl (C=O) groups is 1. The Morgan fingerprint density at radius 2 is 2.08 bits per heavy atom. The number of hydrogen-bond acceptors (Lipinski definition) is 1. The summed E-state index contributed by atoms with van der Waals surface area (Å²) in [5.41, 5.74) is -0.987. The molecule has 1 N–H and O–H groups in total. The number of hydrogen-bond donors (Lipinski definition) is 1. The molecule has 0 heterocycles. The highest BCUT2D eigenvalue weighted by atomic mass is 35.5. The Bertz CT molecular complexity index is 352. The molecular weight excluding hydrogens is 202 g/mol. The van der Waals surface area contributed by atoms with Crippen LogP contribution in [0.5, 0.6) is 0 Å². The maximum atomic E-state index is 13.1. The molecule has 0 aliphatic carbocycles. The molecule has 0 saturated carbocycles. The van der Waals surface area contributed by atoms with Crippen molar-refractivity contribution in [3.8, 4) is 0 Å². The molecule has 1 aromatic rings. The topological polar surface area (TPSA) is 37.3 Å². The van der Waals surface area contributed by atoms with Crippen molar-refractivity contribution in [3.05, 3.63) is 34.9 Å². The zero-order valence-electron chi connectivity index (χ0n) is 6.35. The average Bonchev–Trinajstić information content (AvgIpc) is 2.04. The van der Waals surface area contributed by atoms with Gasteiger partial charge in [-0.15, -0.1) is 11.6 Å². The van der Waals surface area contributed by atoms with Crippen molar-refractivity contribution in [2.75, 3.05) is 0 Å². The summed E-state index contributed by atoms with van der Waals surface area (Å²) in [5.74, 6) is -4.03. The van der Waals surface area contributed by atoms with Gasteiger partial charge in [-0.05, 0) is 6.07 Å². The second kappa shape index (κ2) is 3.70. The maximum Gasteiger partial charge on any atom is 0.341 e. The SMILES string of the molecule is O=C(O)c1c(F)ccc(CCl)c1F. The van der Waals surface area contributed by atoms with E-state index in [9.17, 15) is 13.6 Å². The van der Waals surface area contributed by atoms with Gasteiger partial charge >= 0.3 is 5.97 Å². The molecule has 0 fully saturated rings. The molecule has 1 aromatic carbocycles. The van der Waals surface area contributed by atoms with Gasteiger partial charge in [-0.3, -0.25) is 0 Å². The summed E-state index contributed by atoms with van der Waals surface area (Å²) in [6, 6.07) is 1.99. The number of carboxylic acids is 1. The van der Waals surface area contributed by atoms with Gasteiger partial charge in [0.15, 0.2) is 0 Å². The van der Waals surface area contributed by atoms with E-state index in [1.54, 1.807) is 0 Å². The summed E-state index contributed by atoms with van der Waals surface area (Å²) in [6.07, 6.45) is 0. The van der Waals surface area contributed by atoms with E-state index in [4.69, 9.17) is 16.7 Å². The van der Waals surface area contributed by atoms with Crippen LogP contribution in [0.3, 0.4) is 0 Å². The Hall–Kier alpha value is -1.16. The van der Waals surface area contributed by atoms with Crippen LogP contribution >= 0.6 is 11.6 Å². The molecule has 0 atom stereocenters. The van der Waals surface area contributed by atoms with Gasteiger partial charge in [-0.25, -0.2) is 13.6 Å². The summed E-state index contributed by atoms with van der Waals surface area (Å²) in [4.78, 5) is 10.4. The van der Waals surface area contributed by atoms with E-state index >= 15 is 0 Å². The van der Waals surface area contributed by atoms with E-state index in [2.05, 4.69) is 0 Å². The van der Waals surface area contributed by atoms with Crippen molar-refractivity contribution < 1.29 is 18.7 Å². The lowest BCUT2D eigenvalue weighted by atomic mass is 10.1. The van der Waals surface area contributed by atoms with Crippen molar-refractivity contribution in [3.63, 3.8) is 0 Å². The first kappa shape index (κ1) is 9.92. The van der Waals surface area contributed by atoms with Crippen LogP contribution in [0.25, 0.3) is 0 Å². The first-order valence-electron chi connectivity index (χ1n) is 3.34. The minimum atomic E-state index is -1.64. The normalized spacial score (nSPS) is 10.1. The fourth-order valence-corrected chi connectivity index (χ4v) is 1.10. The molecule has 5 heteroatoms. The second-order valence-electron chi connectivity index (χ2n) is 2.33. The molecule has 0 amide bonds. The molecule has 1 rings (SSSR count). The Morgan fingerprint density at radius 1 is 1.46 bits per heavy atom. The van der Waals surface area contributed by atoms with Crippen LogP contribution in [-0.4, -0.2) is 11.1 Å². The van der Waals surface area contributed by atoms with E-state index in [1.165, 1.54) is 0 Å². The molecule has 0 saturated heterocycles. The summed E-state index contributed by atoms with van der Waals surface area (Å²) in [6.45, 7) is 0. The summed E-state index contributed by atoms with van der Waals surface area (Å²) in [7, 11) is 0. The Balaban J connectivity index is 3.38. The highest BCUT2D eigenvalue weighted by Gasteiger charge is 2.18. The third-order valence-electron chi connectivity index (χ3n) is 1.53. The second-order valence-corrected chi connectivity index (χ2v) is 2.60. The van der Waals surface area contributed by atoms with E-state index in [0.29, 0.717) is 0 Å². The molecular formula is C8H5ClF2O2. The molecule has 0 radical (unpaired) electrons. The van der Waals surface area contributed by atoms with Crippen molar-refractivity contribution in [2.45, 2.75) is 5.88 Å². The summed E-state index contributed by atoms with van der Waals surface area (Å²) < 4.78 is 25.8. The van der Waals surface area contributed by atoms with E-state index in [-0.39, 0.29) is 11.4 Å². The number of rotatable bonds is 2. The average molecular weight is 207 g/mol. The maximum absolute atomic E-state index is 13.1. The number of halogens is 3. The largest absolute Gasteiger partial charge is 0.477 e. The molecule has 0 unspecified atom stereocenters. The molecule has 0 aromatic heterocycles. The van der Waals surface area contributed by atoms with Crippen molar-refractivity contribution >= 4 is 17.6 Å². The standard InChI is InChI=1S/C8H5ClF2O2/c9-3-4-1-2-5(10)6(7(4)11)8(12)13/h1-2H,3H2,(H,12,13). The van der Waals surface area contributed by atoms with Crippen LogP contribution < -0.4 is 0 Å². The molecule has 13 heavy (non-hydrogen) atoms. The van der Waals surface area contributed by atoms with Gasteiger partial charge in [0.25, 0.3) is 0 Å². The van der Waals surface area contributed by atoms with Gasteiger partial charge in [0.1, 0.15) is 17.2 Å². The lowest BCUT2D eigenvalue weighted by Crippen LogP contribution is -2.06. The van der Waals surface area contributed by atoms with Crippen molar-refractivity contribution in [2.24, 2.45) is 0 Å². The summed E-state index contributed by atoms with van der Waals surface area (Å²) in [5, 5.41) is 8.44. The third kappa shape index (κ3) is 1.78. The quantitative estimate of drug-likeness (QED) is 0.755. The van der Waals surface area contributed by atoms with Crippen LogP contribution in [0.2, 0.25) is 0 Å². The smallest absolute Gasteiger partial charge is 0.341 e. The predicted molar refractivity (Wildman–Crippen MR) is 42.9 cm³/mol. The van der Waals surface area contributed by atoms with Gasteiger partial charge in [-0.1, -0.05) is 6.07 Å². The monoisotopic (exact) mass is 206 g/mol. The van der Waals surface area contributed by atoms with E-state index in [0.717, 1.165) is 12.1 Å². The van der Waals surface area contributed by atoms with Crippen LogP contribution in [0.1, 0.15) is 15.9 Å². The third-order valence-corrected chi connectivity index (χ3v) is 1.82. The fraction of sp³-hybridized carbons (Fsp3) is 0.125. The van der Waals surface area contributed by atoms with Gasteiger partial charge in [0.2, 0.25) is 0 Å². The lowest BCUT2D eigenvalue weighted by Gasteiger charge is -2.02.